The van der Waals surface area contributed by atoms with E-state index in [9.17, 15) is 0 Å². The molecule has 2 nitrogen and oxygen atoms in total. The molecule has 12 heavy (non-hydrogen) atoms. The Kier molecular flexibility index (Phi) is 2.06. The van der Waals surface area contributed by atoms with Gasteiger partial charge in [-0.2, -0.15) is 0 Å². The summed E-state index contributed by atoms with van der Waals surface area (Å²) in [5, 5.41) is 0.527. The number of nitrogens with zero attached hydrogens (tertiary/aromatic N) is 2. The van der Waals surface area contributed by atoms with Crippen LogP contribution in [0, 0.1) is 6.92 Å². The van der Waals surface area contributed by atoms with Crippen LogP contribution in [-0.2, 0) is 0 Å². The smallest absolute Gasteiger partial charge is 0.150 e. The number of halogens is 2. The van der Waals surface area contributed by atoms with Gasteiger partial charge in [0.25, 0.3) is 0 Å². The maximum Gasteiger partial charge on any atom is 0.150 e. The van der Waals surface area contributed by atoms with Crippen molar-refractivity contribution in [1.82, 2.24) is 9.97 Å². The molecule has 0 aliphatic heterocycles. The number of thiophene rings is 1. The zero-order valence-electron chi connectivity index (χ0n) is 6.14. The Hall–Kier alpha value is -0.190. The Morgan fingerprint density at radius 1 is 1.50 bits per heavy atom. The van der Waals surface area contributed by atoms with E-state index in [2.05, 4.69) is 25.9 Å². The minimum Gasteiger partial charge on any atom is -0.235 e. The van der Waals surface area contributed by atoms with Gasteiger partial charge in [-0.3, -0.25) is 0 Å². The number of aryl methyl sites for hydroxylation is 1. The van der Waals surface area contributed by atoms with Crippen LogP contribution in [-0.4, -0.2) is 9.97 Å². The molecule has 0 aliphatic rings. The molecule has 2 aromatic heterocycles. The topological polar surface area (TPSA) is 25.8 Å². The van der Waals surface area contributed by atoms with Gasteiger partial charge in [0, 0.05) is 5.56 Å². The Labute approximate surface area is 86.7 Å². The van der Waals surface area contributed by atoms with Crippen molar-refractivity contribution >= 4 is 49.1 Å². The second-order valence-electron chi connectivity index (χ2n) is 2.34. The molecule has 0 amide bonds. The van der Waals surface area contributed by atoms with E-state index in [1.807, 2.05) is 6.92 Å². The van der Waals surface area contributed by atoms with Gasteiger partial charge in [0.2, 0.25) is 0 Å². The van der Waals surface area contributed by atoms with Crippen LogP contribution in [0.5, 0.6) is 0 Å². The lowest BCUT2D eigenvalue weighted by Gasteiger charge is -1.90. The second kappa shape index (κ2) is 2.94. The van der Waals surface area contributed by atoms with Crippen molar-refractivity contribution in [2.24, 2.45) is 0 Å². The molecular weight excluding hydrogens is 260 g/mol. The van der Waals surface area contributed by atoms with Gasteiger partial charge in [0.05, 0.1) is 14.0 Å². The van der Waals surface area contributed by atoms with Gasteiger partial charge in [-0.15, -0.1) is 11.3 Å². The highest BCUT2D eigenvalue weighted by Gasteiger charge is 2.09. The van der Waals surface area contributed by atoms with Crippen molar-refractivity contribution in [1.29, 1.82) is 0 Å². The first kappa shape index (κ1) is 8.41. The molecule has 5 heteroatoms. The Balaban J connectivity index is 2.95. The summed E-state index contributed by atoms with van der Waals surface area (Å²) < 4.78 is 2.02. The highest BCUT2D eigenvalue weighted by molar-refractivity contribution is 9.11. The van der Waals surface area contributed by atoms with E-state index in [1.165, 1.54) is 6.33 Å². The maximum atomic E-state index is 5.88. The summed E-state index contributed by atoms with van der Waals surface area (Å²) in [4.78, 5) is 8.05. The lowest BCUT2D eigenvalue weighted by atomic mass is 10.3. The Morgan fingerprint density at radius 2 is 2.25 bits per heavy atom. The molecule has 0 spiro atoms. The van der Waals surface area contributed by atoms with Crippen molar-refractivity contribution in [3.05, 3.63) is 20.8 Å². The largest absolute Gasteiger partial charge is 0.235 e. The van der Waals surface area contributed by atoms with E-state index in [1.54, 1.807) is 11.3 Å². The SMILES string of the molecule is Cc1c(Br)sc2c(Cl)ncnc12. The minimum absolute atomic E-state index is 0.527. The van der Waals surface area contributed by atoms with Crippen LogP contribution in [0.3, 0.4) is 0 Å². The van der Waals surface area contributed by atoms with Gasteiger partial charge in [-0.1, -0.05) is 11.6 Å². The zero-order chi connectivity index (χ0) is 8.72. The molecule has 0 aliphatic carbocycles. The van der Waals surface area contributed by atoms with Crippen LogP contribution in [0.2, 0.25) is 5.15 Å². The monoisotopic (exact) mass is 262 g/mol. The number of hydrogen-bond donors (Lipinski definition) is 0. The van der Waals surface area contributed by atoms with Crippen LogP contribution in [0.4, 0.5) is 0 Å². The van der Waals surface area contributed by atoms with Crippen molar-refractivity contribution < 1.29 is 0 Å². The lowest BCUT2D eigenvalue weighted by Crippen LogP contribution is -1.79. The second-order valence-corrected chi connectivity index (χ2v) is 5.04. The standard InChI is InChI=1S/C7H4BrClN2S/c1-3-4-5(12-6(3)8)7(9)11-2-10-4/h2H,1H3. The normalized spacial score (nSPS) is 10.9. The number of fused-ring (bicyclic) bond motifs is 1. The molecule has 0 unspecified atom stereocenters. The number of rotatable bonds is 0. The predicted octanol–water partition coefficient (Wildman–Crippen LogP) is 3.42. The van der Waals surface area contributed by atoms with E-state index < -0.39 is 0 Å². The van der Waals surface area contributed by atoms with Gasteiger partial charge in [0.15, 0.2) is 0 Å². The summed E-state index contributed by atoms with van der Waals surface area (Å²) >= 11 is 10.9. The van der Waals surface area contributed by atoms with Crippen LogP contribution >= 0.6 is 38.9 Å². The average molecular weight is 264 g/mol. The Morgan fingerprint density at radius 3 is 2.92 bits per heavy atom. The summed E-state index contributed by atoms with van der Waals surface area (Å²) in [7, 11) is 0. The highest BCUT2D eigenvalue weighted by Crippen LogP contribution is 2.36. The van der Waals surface area contributed by atoms with Crippen molar-refractivity contribution in [3.63, 3.8) is 0 Å². The van der Waals surface area contributed by atoms with Gasteiger partial charge < -0.3 is 0 Å². The molecule has 2 rings (SSSR count). The van der Waals surface area contributed by atoms with Crippen molar-refractivity contribution in [2.45, 2.75) is 6.92 Å². The third-order valence-corrected chi connectivity index (χ3v) is 4.16. The molecule has 2 aromatic rings. The van der Waals surface area contributed by atoms with Crippen molar-refractivity contribution in [2.75, 3.05) is 0 Å². The van der Waals surface area contributed by atoms with E-state index in [4.69, 9.17) is 11.6 Å². The Bertz CT molecular complexity index is 440. The van der Waals surface area contributed by atoms with Crippen molar-refractivity contribution in [3.8, 4) is 0 Å². The fourth-order valence-electron chi connectivity index (χ4n) is 0.969. The first-order chi connectivity index (χ1) is 5.70. The molecule has 2 heterocycles. The quantitative estimate of drug-likeness (QED) is 0.681. The van der Waals surface area contributed by atoms with Gasteiger partial charge in [-0.25, -0.2) is 9.97 Å². The summed E-state index contributed by atoms with van der Waals surface area (Å²) in [6, 6.07) is 0. The molecule has 0 saturated heterocycles. The molecule has 62 valence electrons. The van der Waals surface area contributed by atoms with Crippen LogP contribution < -0.4 is 0 Å². The highest BCUT2D eigenvalue weighted by atomic mass is 79.9. The van der Waals surface area contributed by atoms with Crippen LogP contribution in [0.15, 0.2) is 10.1 Å². The van der Waals surface area contributed by atoms with E-state index in [0.717, 1.165) is 19.6 Å². The molecule has 0 fully saturated rings. The zero-order valence-corrected chi connectivity index (χ0v) is 9.29. The van der Waals surface area contributed by atoms with Gasteiger partial charge in [-0.05, 0) is 22.9 Å². The van der Waals surface area contributed by atoms with E-state index >= 15 is 0 Å². The third kappa shape index (κ3) is 1.14. The van der Waals surface area contributed by atoms with Crippen LogP contribution in [0.25, 0.3) is 10.2 Å². The predicted molar refractivity (Wildman–Crippen MR) is 54.9 cm³/mol. The maximum absolute atomic E-state index is 5.88. The number of hydrogen-bond acceptors (Lipinski definition) is 3. The average Bonchev–Trinajstić information content (AvgIpc) is 2.32. The fourth-order valence-corrected chi connectivity index (χ4v) is 2.76. The summed E-state index contributed by atoms with van der Waals surface area (Å²) in [6.07, 6.45) is 1.48. The lowest BCUT2D eigenvalue weighted by molar-refractivity contribution is 1.22. The number of aromatic nitrogens is 2. The summed E-state index contributed by atoms with van der Waals surface area (Å²) in [6.45, 7) is 2.01. The summed E-state index contributed by atoms with van der Waals surface area (Å²) in [5.74, 6) is 0. The van der Waals surface area contributed by atoms with E-state index in [-0.39, 0.29) is 0 Å². The van der Waals surface area contributed by atoms with Gasteiger partial charge >= 0.3 is 0 Å². The van der Waals surface area contributed by atoms with Gasteiger partial charge in [0.1, 0.15) is 11.5 Å². The molecule has 0 atom stereocenters. The summed E-state index contributed by atoms with van der Waals surface area (Å²) in [5.41, 5.74) is 2.06. The molecule has 0 radical (unpaired) electrons. The molecule has 0 saturated carbocycles. The minimum atomic E-state index is 0.527. The van der Waals surface area contributed by atoms with E-state index in [0.29, 0.717) is 5.15 Å². The fraction of sp³-hybridized carbons (Fsp3) is 0.143. The third-order valence-electron chi connectivity index (χ3n) is 1.60. The molecular formula is C7H4BrClN2S. The van der Waals surface area contributed by atoms with Crippen LogP contribution in [0.1, 0.15) is 5.56 Å². The first-order valence-corrected chi connectivity index (χ1v) is 5.24. The molecule has 0 aromatic carbocycles. The molecule has 0 bridgehead atoms. The first-order valence-electron chi connectivity index (χ1n) is 3.25. The molecule has 0 N–H and O–H groups in total.